The number of hydrogen-bond acceptors (Lipinski definition) is 2. The maximum absolute atomic E-state index is 12.7. The number of amides is 1. The molecule has 33 heavy (non-hydrogen) atoms. The first-order valence-corrected chi connectivity index (χ1v) is 13.4. The van der Waals surface area contributed by atoms with E-state index < -0.39 is 0 Å². The van der Waals surface area contributed by atoms with Crippen LogP contribution in [0.2, 0.25) is 0 Å². The Kier molecular flexibility index (Phi) is 10.9. The van der Waals surface area contributed by atoms with Gasteiger partial charge in [-0.15, -0.1) is 0 Å². The number of nitrogens with zero attached hydrogens (tertiary/aromatic N) is 1. The maximum atomic E-state index is 12.7. The molecule has 3 rings (SSSR count). The third kappa shape index (κ3) is 8.24. The Labute approximate surface area is 200 Å². The number of aromatic nitrogens is 1. The van der Waals surface area contributed by atoms with Crippen LogP contribution in [0.3, 0.4) is 0 Å². The van der Waals surface area contributed by atoms with Crippen molar-refractivity contribution in [3.63, 3.8) is 0 Å². The summed E-state index contributed by atoms with van der Waals surface area (Å²) in [5.41, 5.74) is 3.43. The number of carbonyl (C=O) groups excluding carboxylic acids is 1. The van der Waals surface area contributed by atoms with E-state index in [4.69, 9.17) is 0 Å². The lowest BCUT2D eigenvalue weighted by Gasteiger charge is -2.27. The van der Waals surface area contributed by atoms with Crippen LogP contribution < -0.4 is 0 Å². The molecule has 0 spiro atoms. The molecule has 0 unspecified atom stereocenters. The Balaban J connectivity index is 1.21. The number of carbonyl (C=O) groups is 1. The summed E-state index contributed by atoms with van der Waals surface area (Å²) in [5, 5.41) is 10.9. The zero-order valence-corrected chi connectivity index (χ0v) is 20.7. The Bertz CT molecular complexity index is 883. The van der Waals surface area contributed by atoms with Gasteiger partial charge in [0.25, 0.3) is 0 Å². The lowest BCUT2D eigenvalue weighted by molar-refractivity contribution is -0.132. The minimum absolute atomic E-state index is 0.278. The van der Waals surface area contributed by atoms with E-state index in [-0.39, 0.29) is 5.91 Å². The number of allylic oxidation sites excluding steroid dienone is 2. The second kappa shape index (κ2) is 14.1. The van der Waals surface area contributed by atoms with E-state index in [0.29, 0.717) is 18.7 Å². The number of aromatic amines is 1. The maximum Gasteiger partial charge on any atom is 0.222 e. The van der Waals surface area contributed by atoms with E-state index in [1.807, 2.05) is 17.0 Å². The lowest BCUT2D eigenvalue weighted by Crippen LogP contribution is -2.35. The average molecular weight is 453 g/mol. The van der Waals surface area contributed by atoms with Gasteiger partial charge >= 0.3 is 0 Å². The molecule has 0 saturated heterocycles. The summed E-state index contributed by atoms with van der Waals surface area (Å²) in [6.45, 7) is 3.71. The molecule has 4 nitrogen and oxygen atoms in total. The molecule has 1 amide bonds. The molecule has 0 aliphatic carbocycles. The number of unbranched alkanes of at least 4 members (excludes halogenated alkanes) is 11. The molecule has 0 fully saturated rings. The van der Waals surface area contributed by atoms with Crippen LogP contribution in [0, 0.1) is 0 Å². The highest BCUT2D eigenvalue weighted by Crippen LogP contribution is 2.30. The summed E-state index contributed by atoms with van der Waals surface area (Å²) in [7, 11) is 0. The number of aromatic hydroxyl groups is 1. The normalized spacial score (nSPS) is 13.8. The summed E-state index contributed by atoms with van der Waals surface area (Å²) in [6, 6.07) is 5.45. The zero-order valence-electron chi connectivity index (χ0n) is 20.7. The predicted molar refractivity (Wildman–Crippen MR) is 139 cm³/mol. The minimum Gasteiger partial charge on any atom is -0.508 e. The van der Waals surface area contributed by atoms with Crippen LogP contribution in [-0.2, 0) is 17.8 Å². The van der Waals surface area contributed by atoms with Crippen LogP contribution in [-0.4, -0.2) is 27.4 Å². The number of phenolic OH excluding ortho intramolecular Hbond substituents is 1. The van der Waals surface area contributed by atoms with Crippen molar-refractivity contribution >= 4 is 16.8 Å². The third-order valence-electron chi connectivity index (χ3n) is 6.96. The Morgan fingerprint density at radius 3 is 2.36 bits per heavy atom. The van der Waals surface area contributed by atoms with Crippen molar-refractivity contribution in [2.75, 3.05) is 6.54 Å². The van der Waals surface area contributed by atoms with Crippen LogP contribution in [0.4, 0.5) is 0 Å². The summed E-state index contributed by atoms with van der Waals surface area (Å²) in [4.78, 5) is 18.1. The fourth-order valence-electron chi connectivity index (χ4n) is 4.95. The molecule has 2 heterocycles. The summed E-state index contributed by atoms with van der Waals surface area (Å²) < 4.78 is 0. The SMILES string of the molecule is CCCCCCCC/C=C\CCCCCCCC(=O)N1CCc2c([nH]c3ccc(O)cc23)C1. The average Bonchev–Trinajstić information content (AvgIpc) is 3.18. The van der Waals surface area contributed by atoms with Crippen LogP contribution in [0.1, 0.15) is 108 Å². The van der Waals surface area contributed by atoms with Crippen molar-refractivity contribution in [1.29, 1.82) is 0 Å². The standard InChI is InChI=1S/C29H44N2O2/c1-2-3-4-5-6-7-8-9-10-11-12-13-14-15-16-17-29(33)31-21-20-25-26-22-24(32)18-19-27(26)30-28(25)23-31/h9-10,18-19,22,30,32H,2-8,11-17,20-21,23H2,1H3/b10-9-. The van der Waals surface area contributed by atoms with Gasteiger partial charge in [0, 0.05) is 29.6 Å². The Hall–Kier alpha value is -2.23. The van der Waals surface area contributed by atoms with Gasteiger partial charge in [-0.25, -0.2) is 0 Å². The summed E-state index contributed by atoms with van der Waals surface area (Å²) in [5.74, 6) is 0.576. The van der Waals surface area contributed by atoms with E-state index >= 15 is 0 Å². The van der Waals surface area contributed by atoms with Crippen molar-refractivity contribution < 1.29 is 9.90 Å². The number of nitrogens with one attached hydrogen (secondary N) is 1. The molecule has 1 aromatic carbocycles. The second-order valence-electron chi connectivity index (χ2n) is 9.71. The monoisotopic (exact) mass is 452 g/mol. The highest BCUT2D eigenvalue weighted by Gasteiger charge is 2.23. The molecular formula is C29H44N2O2. The van der Waals surface area contributed by atoms with Gasteiger partial charge in [-0.2, -0.15) is 0 Å². The number of phenols is 1. The highest BCUT2D eigenvalue weighted by atomic mass is 16.3. The molecule has 1 aliphatic heterocycles. The molecule has 0 bridgehead atoms. The van der Waals surface area contributed by atoms with Crippen LogP contribution in [0.25, 0.3) is 10.9 Å². The first kappa shape index (κ1) is 25.4. The van der Waals surface area contributed by atoms with Gasteiger partial charge in [-0.05, 0) is 62.3 Å². The van der Waals surface area contributed by atoms with Crippen molar-refractivity contribution in [3.05, 3.63) is 41.6 Å². The number of fused-ring (bicyclic) bond motifs is 3. The number of H-pyrrole nitrogens is 1. The molecule has 0 saturated carbocycles. The summed E-state index contributed by atoms with van der Waals surface area (Å²) >= 11 is 0. The lowest BCUT2D eigenvalue weighted by atomic mass is 10.0. The zero-order chi connectivity index (χ0) is 23.3. The van der Waals surface area contributed by atoms with Gasteiger partial charge in [-0.3, -0.25) is 4.79 Å². The largest absolute Gasteiger partial charge is 0.508 e. The third-order valence-corrected chi connectivity index (χ3v) is 6.96. The fourth-order valence-corrected chi connectivity index (χ4v) is 4.95. The highest BCUT2D eigenvalue weighted by molar-refractivity contribution is 5.87. The van der Waals surface area contributed by atoms with E-state index in [9.17, 15) is 9.90 Å². The first-order chi connectivity index (χ1) is 16.2. The number of benzene rings is 1. The van der Waals surface area contributed by atoms with E-state index in [2.05, 4.69) is 24.1 Å². The first-order valence-electron chi connectivity index (χ1n) is 13.4. The summed E-state index contributed by atoms with van der Waals surface area (Å²) in [6.07, 6.45) is 22.9. The molecule has 1 aromatic heterocycles. The van der Waals surface area contributed by atoms with Crippen LogP contribution >= 0.6 is 0 Å². The number of hydrogen-bond donors (Lipinski definition) is 2. The van der Waals surface area contributed by atoms with Gasteiger partial charge in [0.05, 0.1) is 6.54 Å². The Morgan fingerprint density at radius 1 is 0.970 bits per heavy atom. The van der Waals surface area contributed by atoms with Gasteiger partial charge in [0.1, 0.15) is 5.75 Å². The van der Waals surface area contributed by atoms with Crippen LogP contribution in [0.5, 0.6) is 5.75 Å². The van der Waals surface area contributed by atoms with E-state index in [1.165, 1.54) is 76.2 Å². The van der Waals surface area contributed by atoms with Gasteiger partial charge in [0.15, 0.2) is 0 Å². The molecular weight excluding hydrogens is 408 g/mol. The molecule has 4 heteroatoms. The van der Waals surface area contributed by atoms with E-state index in [1.54, 1.807) is 6.07 Å². The second-order valence-corrected chi connectivity index (χ2v) is 9.71. The van der Waals surface area contributed by atoms with Crippen molar-refractivity contribution in [1.82, 2.24) is 9.88 Å². The predicted octanol–water partition coefficient (Wildman–Crippen LogP) is 7.80. The van der Waals surface area contributed by atoms with Crippen LogP contribution in [0.15, 0.2) is 30.4 Å². The van der Waals surface area contributed by atoms with Crippen molar-refractivity contribution in [2.24, 2.45) is 0 Å². The van der Waals surface area contributed by atoms with Gasteiger partial charge in [-0.1, -0.05) is 70.4 Å². The number of rotatable bonds is 15. The topological polar surface area (TPSA) is 56.3 Å². The molecule has 182 valence electrons. The van der Waals surface area contributed by atoms with Crippen molar-refractivity contribution in [2.45, 2.75) is 110 Å². The molecule has 0 atom stereocenters. The fraction of sp³-hybridized carbons (Fsp3) is 0.621. The molecule has 2 aromatic rings. The minimum atomic E-state index is 0.278. The van der Waals surface area contributed by atoms with E-state index in [0.717, 1.165) is 42.4 Å². The van der Waals surface area contributed by atoms with Gasteiger partial charge < -0.3 is 15.0 Å². The van der Waals surface area contributed by atoms with Crippen molar-refractivity contribution in [3.8, 4) is 5.75 Å². The molecule has 2 N–H and O–H groups in total. The Morgan fingerprint density at radius 2 is 1.64 bits per heavy atom. The molecule has 1 aliphatic rings. The van der Waals surface area contributed by atoms with Gasteiger partial charge in [0.2, 0.25) is 5.91 Å². The smallest absolute Gasteiger partial charge is 0.222 e. The quantitative estimate of drug-likeness (QED) is 0.214. The molecule has 0 radical (unpaired) electrons.